The molecule has 0 saturated carbocycles. The molecule has 0 aliphatic carbocycles. The van der Waals surface area contributed by atoms with Crippen molar-refractivity contribution in [2.45, 2.75) is 12.0 Å². The molecule has 2 rings (SSSR count). The van der Waals surface area contributed by atoms with E-state index in [9.17, 15) is 9.50 Å². The largest absolute Gasteiger partial charge is 0.388 e. The van der Waals surface area contributed by atoms with Crippen molar-refractivity contribution < 1.29 is 9.50 Å². The molecule has 5 heteroatoms. The molecule has 0 heterocycles. The maximum atomic E-state index is 13.3. The normalized spacial score (nSPS) is 14.1. The Bertz CT molecular complexity index is 588. The standard InChI is InChI=1S/C15H14BrClFNO/c16-11-4-10(5-12(17)7-11)15(20)14(8-19)9-2-1-3-13(18)6-9/h1-7,14-15,20H,8,19H2. The third-order valence-corrected chi connectivity index (χ3v) is 3.81. The predicted octanol–water partition coefficient (Wildman–Crippen LogP) is 4.02. The Morgan fingerprint density at radius 1 is 1.20 bits per heavy atom. The lowest BCUT2D eigenvalue weighted by atomic mass is 9.89. The maximum Gasteiger partial charge on any atom is 0.123 e. The van der Waals surface area contributed by atoms with E-state index in [2.05, 4.69) is 15.9 Å². The molecule has 0 bridgehead atoms. The first-order chi connectivity index (χ1) is 9.51. The Morgan fingerprint density at radius 2 is 1.95 bits per heavy atom. The van der Waals surface area contributed by atoms with Crippen molar-refractivity contribution >= 4 is 27.5 Å². The summed E-state index contributed by atoms with van der Waals surface area (Å²) in [6, 6.07) is 11.3. The van der Waals surface area contributed by atoms with Crippen LogP contribution in [0.1, 0.15) is 23.1 Å². The minimum absolute atomic E-state index is 0.203. The van der Waals surface area contributed by atoms with E-state index in [1.54, 1.807) is 30.3 Å². The lowest BCUT2D eigenvalue weighted by molar-refractivity contribution is 0.147. The highest BCUT2D eigenvalue weighted by Gasteiger charge is 2.22. The zero-order chi connectivity index (χ0) is 14.7. The van der Waals surface area contributed by atoms with Crippen LogP contribution in [0.25, 0.3) is 0 Å². The summed E-state index contributed by atoms with van der Waals surface area (Å²) in [7, 11) is 0. The molecule has 106 valence electrons. The molecule has 2 nitrogen and oxygen atoms in total. The van der Waals surface area contributed by atoms with Crippen LogP contribution in [0.3, 0.4) is 0 Å². The molecule has 0 fully saturated rings. The van der Waals surface area contributed by atoms with Crippen LogP contribution in [-0.2, 0) is 0 Å². The van der Waals surface area contributed by atoms with Gasteiger partial charge in [-0.2, -0.15) is 0 Å². The molecule has 2 aromatic carbocycles. The molecule has 2 atom stereocenters. The van der Waals surface area contributed by atoms with Crippen molar-refractivity contribution in [3.63, 3.8) is 0 Å². The zero-order valence-electron chi connectivity index (χ0n) is 10.6. The fraction of sp³-hybridized carbons (Fsp3) is 0.200. The summed E-state index contributed by atoms with van der Waals surface area (Å²) in [5.41, 5.74) is 7.05. The monoisotopic (exact) mass is 357 g/mol. The first-order valence-electron chi connectivity index (χ1n) is 6.11. The summed E-state index contributed by atoms with van der Waals surface area (Å²) >= 11 is 9.31. The second-order valence-corrected chi connectivity index (χ2v) is 5.90. The smallest absolute Gasteiger partial charge is 0.123 e. The number of hydrogen-bond donors (Lipinski definition) is 2. The highest BCUT2D eigenvalue weighted by molar-refractivity contribution is 9.10. The molecular weight excluding hydrogens is 345 g/mol. The quantitative estimate of drug-likeness (QED) is 0.867. The summed E-state index contributed by atoms with van der Waals surface area (Å²) in [5.74, 6) is -0.739. The fourth-order valence-corrected chi connectivity index (χ4v) is 3.05. The van der Waals surface area contributed by atoms with E-state index in [0.29, 0.717) is 16.1 Å². The van der Waals surface area contributed by atoms with Gasteiger partial charge >= 0.3 is 0 Å². The minimum Gasteiger partial charge on any atom is -0.388 e. The zero-order valence-corrected chi connectivity index (χ0v) is 12.9. The molecule has 0 aromatic heterocycles. The third-order valence-electron chi connectivity index (χ3n) is 3.14. The summed E-state index contributed by atoms with van der Waals surface area (Å²) in [5, 5.41) is 11.0. The highest BCUT2D eigenvalue weighted by Crippen LogP contribution is 2.33. The molecule has 0 saturated heterocycles. The van der Waals surface area contributed by atoms with Crippen molar-refractivity contribution in [3.8, 4) is 0 Å². The minimum atomic E-state index is -0.850. The lowest BCUT2D eigenvalue weighted by Crippen LogP contribution is -2.20. The number of nitrogens with two attached hydrogens (primary N) is 1. The highest BCUT2D eigenvalue weighted by atomic mass is 79.9. The molecule has 2 unspecified atom stereocenters. The Balaban J connectivity index is 2.35. The van der Waals surface area contributed by atoms with E-state index in [1.807, 2.05) is 0 Å². The van der Waals surface area contributed by atoms with Gasteiger partial charge in [0.1, 0.15) is 5.82 Å². The molecule has 0 amide bonds. The average molecular weight is 359 g/mol. The van der Waals surface area contributed by atoms with Crippen molar-refractivity contribution in [3.05, 3.63) is 68.9 Å². The second kappa shape index (κ2) is 6.68. The lowest BCUT2D eigenvalue weighted by Gasteiger charge is -2.22. The van der Waals surface area contributed by atoms with Gasteiger partial charge in [-0.15, -0.1) is 0 Å². The average Bonchev–Trinajstić information content (AvgIpc) is 2.38. The summed E-state index contributed by atoms with van der Waals surface area (Å²) in [6.45, 7) is 0.203. The van der Waals surface area contributed by atoms with Gasteiger partial charge in [-0.05, 0) is 41.5 Å². The van der Waals surface area contributed by atoms with Gasteiger partial charge in [-0.3, -0.25) is 0 Å². The predicted molar refractivity (Wildman–Crippen MR) is 82.3 cm³/mol. The number of rotatable bonds is 4. The fourth-order valence-electron chi connectivity index (χ4n) is 2.16. The van der Waals surface area contributed by atoms with Crippen LogP contribution in [0, 0.1) is 5.82 Å². The van der Waals surface area contributed by atoms with Crippen molar-refractivity contribution in [2.75, 3.05) is 6.54 Å². The van der Waals surface area contributed by atoms with E-state index in [1.165, 1.54) is 12.1 Å². The number of aliphatic hydroxyl groups excluding tert-OH is 1. The van der Waals surface area contributed by atoms with E-state index in [4.69, 9.17) is 17.3 Å². The number of benzene rings is 2. The molecule has 2 aromatic rings. The van der Waals surface area contributed by atoms with Gasteiger partial charge in [0.2, 0.25) is 0 Å². The number of hydrogen-bond acceptors (Lipinski definition) is 2. The van der Waals surface area contributed by atoms with Crippen molar-refractivity contribution in [2.24, 2.45) is 5.73 Å². The first kappa shape index (κ1) is 15.4. The number of halogens is 3. The third kappa shape index (κ3) is 3.58. The van der Waals surface area contributed by atoms with Crippen LogP contribution < -0.4 is 5.73 Å². The van der Waals surface area contributed by atoms with Crippen molar-refractivity contribution in [1.82, 2.24) is 0 Å². The van der Waals surface area contributed by atoms with Gasteiger partial charge < -0.3 is 10.8 Å². The molecule has 0 radical (unpaired) electrons. The Kier molecular flexibility index (Phi) is 5.16. The van der Waals surface area contributed by atoms with Gasteiger partial charge in [0, 0.05) is 22.0 Å². The SMILES string of the molecule is NCC(c1cccc(F)c1)C(O)c1cc(Cl)cc(Br)c1. The Morgan fingerprint density at radius 3 is 2.55 bits per heavy atom. The van der Waals surface area contributed by atoms with Crippen LogP contribution in [0.2, 0.25) is 5.02 Å². The second-order valence-electron chi connectivity index (χ2n) is 4.54. The molecule has 0 spiro atoms. The number of aliphatic hydroxyl groups is 1. The van der Waals surface area contributed by atoms with Crippen LogP contribution in [0.5, 0.6) is 0 Å². The van der Waals surface area contributed by atoms with Gasteiger partial charge in [0.05, 0.1) is 6.10 Å². The summed E-state index contributed by atoms with van der Waals surface area (Å²) in [4.78, 5) is 0. The molecular formula is C15H14BrClFNO. The maximum absolute atomic E-state index is 13.3. The van der Waals surface area contributed by atoms with Gasteiger partial charge in [-0.25, -0.2) is 4.39 Å². The van der Waals surface area contributed by atoms with Crippen LogP contribution >= 0.6 is 27.5 Å². The molecule has 3 N–H and O–H groups in total. The van der Waals surface area contributed by atoms with Crippen LogP contribution in [0.15, 0.2) is 46.9 Å². The molecule has 0 aliphatic rings. The van der Waals surface area contributed by atoms with Crippen LogP contribution in [-0.4, -0.2) is 11.7 Å². The Labute approximate surface area is 130 Å². The van der Waals surface area contributed by atoms with E-state index in [-0.39, 0.29) is 12.4 Å². The topological polar surface area (TPSA) is 46.2 Å². The van der Waals surface area contributed by atoms with E-state index in [0.717, 1.165) is 4.47 Å². The van der Waals surface area contributed by atoms with E-state index < -0.39 is 12.0 Å². The Hall–Kier alpha value is -0.940. The first-order valence-corrected chi connectivity index (χ1v) is 7.28. The molecule has 20 heavy (non-hydrogen) atoms. The van der Waals surface area contributed by atoms with Crippen LogP contribution in [0.4, 0.5) is 4.39 Å². The summed E-state index contributed by atoms with van der Waals surface area (Å²) < 4.78 is 14.1. The molecule has 0 aliphatic heterocycles. The van der Waals surface area contributed by atoms with E-state index >= 15 is 0 Å². The summed E-state index contributed by atoms with van der Waals surface area (Å²) in [6.07, 6.45) is -0.850. The van der Waals surface area contributed by atoms with Crippen molar-refractivity contribution in [1.29, 1.82) is 0 Å². The van der Waals surface area contributed by atoms with Gasteiger partial charge in [-0.1, -0.05) is 39.7 Å². The van der Waals surface area contributed by atoms with Gasteiger partial charge in [0.25, 0.3) is 0 Å². The van der Waals surface area contributed by atoms with Gasteiger partial charge in [0.15, 0.2) is 0 Å².